The van der Waals surface area contributed by atoms with Crippen molar-refractivity contribution in [3.05, 3.63) is 152 Å². The van der Waals surface area contributed by atoms with Gasteiger partial charge in [0, 0.05) is 43.9 Å². The van der Waals surface area contributed by atoms with E-state index in [1.807, 2.05) is 42.5 Å². The minimum atomic E-state index is 0.678. The number of hydrogen-bond donors (Lipinski definition) is 0. The molecule has 0 aliphatic rings. The molecule has 9 aromatic rings. The molecule has 0 fully saturated rings. The molecule has 0 spiro atoms. The van der Waals surface area contributed by atoms with E-state index < -0.39 is 0 Å². The largest absolute Gasteiger partial charge is 0.456 e. The minimum absolute atomic E-state index is 0.678. The van der Waals surface area contributed by atoms with Gasteiger partial charge in [-0.3, -0.25) is 0 Å². The fraction of sp³-hybridized carbons (Fsp3) is 0. The predicted octanol–water partition coefficient (Wildman–Crippen LogP) is 10.5. The zero-order chi connectivity index (χ0) is 29.0. The highest BCUT2D eigenvalue weighted by molar-refractivity contribution is 6.10. The van der Waals surface area contributed by atoms with E-state index in [2.05, 4.69) is 114 Å². The summed E-state index contributed by atoms with van der Waals surface area (Å²) in [6, 6.07) is 52.6. The van der Waals surface area contributed by atoms with Gasteiger partial charge in [-0.2, -0.15) is 0 Å². The van der Waals surface area contributed by atoms with Crippen molar-refractivity contribution in [1.82, 2.24) is 14.5 Å². The van der Waals surface area contributed by atoms with Crippen LogP contribution in [0, 0.1) is 0 Å². The van der Waals surface area contributed by atoms with Crippen molar-refractivity contribution in [3.63, 3.8) is 0 Å². The van der Waals surface area contributed by atoms with Crippen LogP contribution >= 0.6 is 0 Å². The van der Waals surface area contributed by atoms with Gasteiger partial charge in [-0.15, -0.1) is 0 Å². The van der Waals surface area contributed by atoms with Crippen LogP contribution < -0.4 is 0 Å². The van der Waals surface area contributed by atoms with Crippen LogP contribution in [0.1, 0.15) is 0 Å². The van der Waals surface area contributed by atoms with Gasteiger partial charge in [0.2, 0.25) is 0 Å². The average Bonchev–Trinajstić information content (AvgIpc) is 3.64. The molecule has 0 saturated carbocycles. The van der Waals surface area contributed by atoms with Crippen molar-refractivity contribution in [2.45, 2.75) is 0 Å². The minimum Gasteiger partial charge on any atom is -0.456 e. The van der Waals surface area contributed by atoms with E-state index in [-0.39, 0.29) is 0 Å². The van der Waals surface area contributed by atoms with Crippen LogP contribution in [0.4, 0.5) is 0 Å². The van der Waals surface area contributed by atoms with Crippen LogP contribution in [-0.4, -0.2) is 14.5 Å². The molecule has 0 aliphatic heterocycles. The average molecular weight is 564 g/mol. The molecule has 3 aromatic heterocycles. The van der Waals surface area contributed by atoms with Crippen molar-refractivity contribution in [2.75, 3.05) is 0 Å². The molecule has 44 heavy (non-hydrogen) atoms. The van der Waals surface area contributed by atoms with Crippen LogP contribution in [0.3, 0.4) is 0 Å². The Balaban J connectivity index is 1.28. The van der Waals surface area contributed by atoms with Gasteiger partial charge in [0.1, 0.15) is 11.2 Å². The van der Waals surface area contributed by atoms with Crippen LogP contribution in [0.2, 0.25) is 0 Å². The van der Waals surface area contributed by atoms with Gasteiger partial charge in [0.25, 0.3) is 0 Å². The third kappa shape index (κ3) is 3.92. The van der Waals surface area contributed by atoms with E-state index in [1.54, 1.807) is 0 Å². The number of rotatable bonds is 4. The molecule has 3 heterocycles. The molecule has 0 unspecified atom stereocenters. The molecule has 4 heteroatoms. The summed E-state index contributed by atoms with van der Waals surface area (Å²) in [5, 5.41) is 4.58. The lowest BCUT2D eigenvalue weighted by atomic mass is 10.0. The summed E-state index contributed by atoms with van der Waals surface area (Å²) in [5.41, 5.74) is 9.97. The lowest BCUT2D eigenvalue weighted by molar-refractivity contribution is 0.669. The first kappa shape index (κ1) is 24.6. The lowest BCUT2D eigenvalue weighted by Crippen LogP contribution is -1.97. The molecular weight excluding hydrogens is 538 g/mol. The van der Waals surface area contributed by atoms with E-state index in [1.165, 1.54) is 16.3 Å². The normalized spacial score (nSPS) is 11.6. The number of para-hydroxylation sites is 3. The van der Waals surface area contributed by atoms with E-state index in [4.69, 9.17) is 14.4 Å². The Morgan fingerprint density at radius 1 is 0.409 bits per heavy atom. The van der Waals surface area contributed by atoms with Gasteiger partial charge in [-0.05, 0) is 54.6 Å². The molecule has 206 valence electrons. The SMILES string of the molecule is c1ccc(-c2cc(-c3ccc4c5ccccc5n(-c5ccccc5)c4c3)nc(-c3ccc4oc5ccccc5c4c3)n2)cc1. The molecule has 0 amide bonds. The monoisotopic (exact) mass is 563 g/mol. The molecular formula is C40H25N3O. The molecule has 0 saturated heterocycles. The second-order valence-corrected chi connectivity index (χ2v) is 11.1. The molecule has 6 aromatic carbocycles. The zero-order valence-corrected chi connectivity index (χ0v) is 23.7. The highest BCUT2D eigenvalue weighted by Crippen LogP contribution is 2.36. The standard InChI is InChI=1S/C40H25N3O/c1-3-11-26(12-4-1)34-25-35(42-40(41-34)28-20-22-39-33(23-28)32-16-8-10-18-38(32)44-39)27-19-21-31-30-15-7-9-17-36(30)43(37(31)24-27)29-13-5-2-6-14-29/h1-25H. The van der Waals surface area contributed by atoms with E-state index in [0.29, 0.717) is 5.82 Å². The van der Waals surface area contributed by atoms with Crippen molar-refractivity contribution in [2.24, 2.45) is 0 Å². The Bertz CT molecular complexity index is 2490. The summed E-state index contributed by atoms with van der Waals surface area (Å²) in [4.78, 5) is 10.3. The Morgan fingerprint density at radius 2 is 1.05 bits per heavy atom. The van der Waals surface area contributed by atoms with Gasteiger partial charge < -0.3 is 8.98 Å². The number of hydrogen-bond acceptors (Lipinski definition) is 3. The number of aromatic nitrogens is 3. The van der Waals surface area contributed by atoms with Crippen LogP contribution in [-0.2, 0) is 0 Å². The summed E-state index contributed by atoms with van der Waals surface area (Å²) < 4.78 is 8.44. The third-order valence-corrected chi connectivity index (χ3v) is 8.41. The first-order valence-corrected chi connectivity index (χ1v) is 14.8. The zero-order valence-electron chi connectivity index (χ0n) is 23.7. The van der Waals surface area contributed by atoms with Crippen LogP contribution in [0.5, 0.6) is 0 Å². The van der Waals surface area contributed by atoms with E-state index in [0.717, 1.165) is 61.2 Å². The van der Waals surface area contributed by atoms with Gasteiger partial charge >= 0.3 is 0 Å². The summed E-state index contributed by atoms with van der Waals surface area (Å²) in [7, 11) is 0. The highest BCUT2D eigenvalue weighted by Gasteiger charge is 2.16. The smallest absolute Gasteiger partial charge is 0.160 e. The second kappa shape index (κ2) is 9.79. The maximum Gasteiger partial charge on any atom is 0.160 e. The number of nitrogens with zero attached hydrogens (tertiary/aromatic N) is 3. The summed E-state index contributed by atoms with van der Waals surface area (Å²) in [6.45, 7) is 0. The molecule has 0 radical (unpaired) electrons. The van der Waals surface area contributed by atoms with Gasteiger partial charge in [-0.25, -0.2) is 9.97 Å². The Morgan fingerprint density at radius 3 is 1.89 bits per heavy atom. The van der Waals surface area contributed by atoms with Crippen molar-refractivity contribution in [1.29, 1.82) is 0 Å². The van der Waals surface area contributed by atoms with Crippen molar-refractivity contribution in [3.8, 4) is 39.6 Å². The van der Waals surface area contributed by atoms with Crippen molar-refractivity contribution >= 4 is 43.7 Å². The van der Waals surface area contributed by atoms with Crippen molar-refractivity contribution < 1.29 is 4.42 Å². The lowest BCUT2D eigenvalue weighted by Gasteiger charge is -2.11. The Labute approximate surface area is 253 Å². The van der Waals surface area contributed by atoms with E-state index >= 15 is 0 Å². The summed E-state index contributed by atoms with van der Waals surface area (Å²) in [6.07, 6.45) is 0. The first-order valence-electron chi connectivity index (χ1n) is 14.8. The number of fused-ring (bicyclic) bond motifs is 6. The fourth-order valence-electron chi connectivity index (χ4n) is 6.33. The second-order valence-electron chi connectivity index (χ2n) is 11.1. The maximum absolute atomic E-state index is 6.10. The third-order valence-electron chi connectivity index (χ3n) is 8.41. The molecule has 0 bridgehead atoms. The molecule has 9 rings (SSSR count). The predicted molar refractivity (Wildman–Crippen MR) is 180 cm³/mol. The van der Waals surface area contributed by atoms with Gasteiger partial charge in [-0.1, -0.05) is 97.1 Å². The van der Waals surface area contributed by atoms with Crippen LogP contribution in [0.15, 0.2) is 156 Å². The highest BCUT2D eigenvalue weighted by atomic mass is 16.3. The van der Waals surface area contributed by atoms with Gasteiger partial charge in [0.15, 0.2) is 5.82 Å². The molecule has 0 aliphatic carbocycles. The summed E-state index contributed by atoms with van der Waals surface area (Å²) >= 11 is 0. The van der Waals surface area contributed by atoms with Gasteiger partial charge in [0.05, 0.1) is 22.4 Å². The van der Waals surface area contributed by atoms with Crippen LogP contribution in [0.25, 0.3) is 83.3 Å². The summed E-state index contributed by atoms with van der Waals surface area (Å²) in [5.74, 6) is 0.678. The Kier molecular flexibility index (Phi) is 5.47. The first-order chi connectivity index (χ1) is 21.8. The number of benzene rings is 6. The Hall–Kier alpha value is -6.00. The topological polar surface area (TPSA) is 43.9 Å². The maximum atomic E-state index is 6.10. The quantitative estimate of drug-likeness (QED) is 0.214. The fourth-order valence-corrected chi connectivity index (χ4v) is 6.33. The number of furan rings is 1. The molecule has 0 atom stereocenters. The molecule has 4 nitrogen and oxygen atoms in total. The molecule has 0 N–H and O–H groups in total. The van der Waals surface area contributed by atoms with E-state index in [9.17, 15) is 0 Å².